The van der Waals surface area contributed by atoms with Crippen molar-refractivity contribution in [1.82, 2.24) is 0 Å². The van der Waals surface area contributed by atoms with Gasteiger partial charge in [-0.3, -0.25) is 0 Å². The molecule has 0 radical (unpaired) electrons. The normalized spacial score (nSPS) is 12.5. The maximum absolute atomic E-state index is 14.1. The number of benzene rings is 4. The summed E-state index contributed by atoms with van der Waals surface area (Å²) in [6.07, 6.45) is -4.45. The van der Waals surface area contributed by atoms with E-state index in [4.69, 9.17) is 0 Å². The highest BCUT2D eigenvalue weighted by Gasteiger charge is 2.41. The van der Waals surface area contributed by atoms with E-state index >= 15 is 0 Å². The Morgan fingerprint density at radius 2 is 0.793 bits per heavy atom. The molecule has 4 aromatic rings. The van der Waals surface area contributed by atoms with Crippen molar-refractivity contribution in [2.24, 2.45) is 0 Å². The van der Waals surface area contributed by atoms with Crippen molar-refractivity contribution < 1.29 is 13.2 Å². The second kappa shape index (κ2) is 7.80. The second-order valence-electron chi connectivity index (χ2n) is 6.55. The molecular formula is C25H19F3S. The molecule has 0 aliphatic carbocycles. The van der Waals surface area contributed by atoms with Gasteiger partial charge in [0.15, 0.2) is 0 Å². The number of halogens is 3. The minimum absolute atomic E-state index is 0.302. The van der Waals surface area contributed by atoms with E-state index in [-0.39, 0.29) is 0 Å². The van der Waals surface area contributed by atoms with Gasteiger partial charge >= 0.3 is 6.18 Å². The molecule has 0 saturated heterocycles. The summed E-state index contributed by atoms with van der Waals surface area (Å²) in [6.45, 7) is 0. The molecular weight excluding hydrogens is 389 g/mol. The van der Waals surface area contributed by atoms with Crippen molar-refractivity contribution in [3.63, 3.8) is 0 Å². The van der Waals surface area contributed by atoms with Gasteiger partial charge in [-0.15, -0.1) is 10.0 Å². The predicted molar refractivity (Wildman–Crippen MR) is 111 cm³/mol. The Kier molecular flexibility index (Phi) is 5.20. The molecule has 29 heavy (non-hydrogen) atoms. The van der Waals surface area contributed by atoms with Crippen molar-refractivity contribution in [3.05, 3.63) is 121 Å². The highest BCUT2D eigenvalue weighted by atomic mass is 32.3. The zero-order valence-electron chi connectivity index (χ0n) is 15.5. The van der Waals surface area contributed by atoms with E-state index in [1.165, 1.54) is 12.1 Å². The third-order valence-electron chi connectivity index (χ3n) is 4.81. The summed E-state index contributed by atoms with van der Waals surface area (Å²) in [4.78, 5) is 2.91. The molecule has 0 amide bonds. The maximum atomic E-state index is 14.1. The predicted octanol–water partition coefficient (Wildman–Crippen LogP) is 8.05. The Hall–Kier alpha value is -2.98. The highest BCUT2D eigenvalue weighted by Crippen LogP contribution is 2.74. The van der Waals surface area contributed by atoms with Gasteiger partial charge in [0.2, 0.25) is 0 Å². The standard InChI is InChI=1S/C25H19F3S/c26-25(27,28)23-18-10-11-19-24(23)29(20-12-4-1-5-13-20,21-14-6-2-7-15-21)22-16-8-3-9-17-22/h1-19H. The van der Waals surface area contributed by atoms with Crippen LogP contribution in [0.4, 0.5) is 13.2 Å². The Balaban J connectivity index is 2.20. The summed E-state index contributed by atoms with van der Waals surface area (Å²) in [5.74, 6) is 0. The SMILES string of the molecule is FC(F)(F)c1ccccc1S(c1ccccc1)(c1ccccc1)c1ccccc1. The van der Waals surface area contributed by atoms with Crippen LogP contribution in [-0.2, 0) is 6.18 Å². The van der Waals surface area contributed by atoms with E-state index in [0.29, 0.717) is 4.90 Å². The molecule has 4 rings (SSSR count). The summed E-state index contributed by atoms with van der Waals surface area (Å²) in [5.41, 5.74) is -0.591. The van der Waals surface area contributed by atoms with Crippen LogP contribution < -0.4 is 0 Å². The number of rotatable bonds is 4. The number of hydrogen-bond donors (Lipinski definition) is 0. The first-order valence-electron chi connectivity index (χ1n) is 9.19. The van der Waals surface area contributed by atoms with Crippen LogP contribution in [0.5, 0.6) is 0 Å². The second-order valence-corrected chi connectivity index (χ2v) is 9.62. The number of hydrogen-bond acceptors (Lipinski definition) is 0. The zero-order chi connectivity index (χ0) is 20.3. The molecule has 0 unspecified atom stereocenters. The van der Waals surface area contributed by atoms with Crippen LogP contribution in [0.2, 0.25) is 0 Å². The lowest BCUT2D eigenvalue weighted by Gasteiger charge is -2.43. The lowest BCUT2D eigenvalue weighted by molar-refractivity contribution is -0.139. The summed E-state index contributed by atoms with van der Waals surface area (Å²) in [5, 5.41) is 0. The smallest absolute Gasteiger partial charge is 0.166 e. The molecule has 0 nitrogen and oxygen atoms in total. The van der Waals surface area contributed by atoms with Crippen LogP contribution in [-0.4, -0.2) is 0 Å². The molecule has 0 atom stereocenters. The molecule has 0 saturated carbocycles. The Morgan fingerprint density at radius 3 is 1.17 bits per heavy atom. The van der Waals surface area contributed by atoms with E-state index in [2.05, 4.69) is 0 Å². The van der Waals surface area contributed by atoms with Gasteiger partial charge in [-0.2, -0.15) is 13.2 Å². The first-order valence-corrected chi connectivity index (χ1v) is 10.8. The van der Waals surface area contributed by atoms with Crippen molar-refractivity contribution >= 4 is 10.0 Å². The fraction of sp³-hybridized carbons (Fsp3) is 0.0400. The van der Waals surface area contributed by atoms with Gasteiger partial charge < -0.3 is 0 Å². The van der Waals surface area contributed by atoms with Crippen LogP contribution in [0.15, 0.2) is 135 Å². The van der Waals surface area contributed by atoms with Crippen molar-refractivity contribution in [2.45, 2.75) is 25.8 Å². The van der Waals surface area contributed by atoms with Crippen LogP contribution in [0, 0.1) is 0 Å². The zero-order valence-corrected chi connectivity index (χ0v) is 16.3. The molecule has 0 aliphatic rings. The fourth-order valence-electron chi connectivity index (χ4n) is 3.63. The average molecular weight is 408 g/mol. The molecule has 0 N–H and O–H groups in total. The van der Waals surface area contributed by atoms with Crippen LogP contribution in [0.3, 0.4) is 0 Å². The van der Waals surface area contributed by atoms with Crippen molar-refractivity contribution in [3.8, 4) is 0 Å². The molecule has 0 aliphatic heterocycles. The first-order chi connectivity index (χ1) is 14.0. The monoisotopic (exact) mass is 408 g/mol. The molecule has 0 fully saturated rings. The van der Waals surface area contributed by atoms with Crippen LogP contribution in [0.1, 0.15) is 5.56 Å². The molecule has 0 aromatic heterocycles. The third-order valence-corrected chi connectivity index (χ3v) is 8.77. The van der Waals surface area contributed by atoms with Gasteiger partial charge in [-0.25, -0.2) is 0 Å². The van der Waals surface area contributed by atoms with Gasteiger partial charge in [0.25, 0.3) is 0 Å². The van der Waals surface area contributed by atoms with E-state index in [9.17, 15) is 13.2 Å². The van der Waals surface area contributed by atoms with Gasteiger partial charge in [0.1, 0.15) is 0 Å². The molecule has 0 spiro atoms. The molecule has 4 heteroatoms. The molecule has 4 aromatic carbocycles. The quantitative estimate of drug-likeness (QED) is 0.320. The number of alkyl halides is 3. The Labute approximate surface area is 170 Å². The summed E-state index contributed by atoms with van der Waals surface area (Å²) in [7, 11) is -2.35. The molecule has 0 bridgehead atoms. The lowest BCUT2D eigenvalue weighted by Crippen LogP contribution is -2.13. The molecule has 146 valence electrons. The summed E-state index contributed by atoms with van der Waals surface area (Å²) >= 11 is 0. The Bertz CT molecular complexity index is 978. The Morgan fingerprint density at radius 1 is 0.448 bits per heavy atom. The lowest BCUT2D eigenvalue weighted by atomic mass is 10.2. The average Bonchev–Trinajstić information content (AvgIpc) is 2.76. The first kappa shape index (κ1) is 19.3. The summed E-state index contributed by atoms with van der Waals surface area (Å²) in [6, 6.07) is 34.6. The van der Waals surface area contributed by atoms with Gasteiger partial charge in [0.05, 0.1) is 5.56 Å². The highest BCUT2D eigenvalue weighted by molar-refractivity contribution is 8.34. The maximum Gasteiger partial charge on any atom is 0.417 e. The largest absolute Gasteiger partial charge is 0.417 e. The summed E-state index contributed by atoms with van der Waals surface area (Å²) < 4.78 is 42.4. The minimum atomic E-state index is -4.45. The topological polar surface area (TPSA) is 0 Å². The van der Waals surface area contributed by atoms with Crippen LogP contribution >= 0.6 is 10.0 Å². The van der Waals surface area contributed by atoms with E-state index < -0.39 is 21.8 Å². The minimum Gasteiger partial charge on any atom is -0.166 e. The van der Waals surface area contributed by atoms with E-state index in [0.717, 1.165) is 14.7 Å². The fourth-order valence-corrected chi connectivity index (χ4v) is 7.70. The van der Waals surface area contributed by atoms with Crippen molar-refractivity contribution in [1.29, 1.82) is 0 Å². The van der Waals surface area contributed by atoms with E-state index in [1.54, 1.807) is 12.1 Å². The van der Waals surface area contributed by atoms with Gasteiger partial charge in [-0.1, -0.05) is 66.7 Å². The van der Waals surface area contributed by atoms with Crippen LogP contribution in [0.25, 0.3) is 0 Å². The van der Waals surface area contributed by atoms with Gasteiger partial charge in [0, 0.05) is 19.6 Å². The van der Waals surface area contributed by atoms with Crippen molar-refractivity contribution in [2.75, 3.05) is 0 Å². The van der Waals surface area contributed by atoms with E-state index in [1.807, 2.05) is 91.0 Å². The van der Waals surface area contributed by atoms with Gasteiger partial charge in [-0.05, 0) is 48.5 Å². The molecule has 0 heterocycles. The third kappa shape index (κ3) is 3.45.